The number of carbonyl (C=O) groups excluding carboxylic acids is 2. The van der Waals surface area contributed by atoms with Crippen molar-refractivity contribution >= 4 is 23.3 Å². The Kier molecular flexibility index (Phi) is 8.07. The zero-order chi connectivity index (χ0) is 21.4. The molecule has 0 fully saturated rings. The van der Waals surface area contributed by atoms with Gasteiger partial charge in [-0.1, -0.05) is 18.2 Å². The minimum atomic E-state index is -0.119. The molecule has 2 aromatic rings. The molecule has 0 radical (unpaired) electrons. The number of urea groups is 1. The number of rotatable bonds is 8. The smallest absolute Gasteiger partial charge is 0.321 e. The SMILES string of the molecule is CC(C)NC(=O)c1ccc(N(C)CCC(C)NC(=O)N(C)c2ccccc2)cc1. The summed E-state index contributed by atoms with van der Waals surface area (Å²) in [4.78, 5) is 28.2. The first-order valence-corrected chi connectivity index (χ1v) is 9.99. The molecule has 3 amide bonds. The lowest BCUT2D eigenvalue weighted by atomic mass is 10.1. The highest BCUT2D eigenvalue weighted by Gasteiger charge is 2.14. The van der Waals surface area contributed by atoms with Gasteiger partial charge in [-0.25, -0.2) is 4.79 Å². The predicted molar refractivity (Wildman–Crippen MR) is 120 cm³/mol. The van der Waals surface area contributed by atoms with Crippen molar-refractivity contribution in [3.63, 3.8) is 0 Å². The summed E-state index contributed by atoms with van der Waals surface area (Å²) in [6.45, 7) is 6.67. The summed E-state index contributed by atoms with van der Waals surface area (Å²) in [5.74, 6) is -0.0620. The van der Waals surface area contributed by atoms with Crippen LogP contribution in [0.2, 0.25) is 0 Å². The summed E-state index contributed by atoms with van der Waals surface area (Å²) in [5.41, 5.74) is 2.54. The van der Waals surface area contributed by atoms with Crippen LogP contribution in [0.3, 0.4) is 0 Å². The van der Waals surface area contributed by atoms with E-state index in [1.807, 2.05) is 82.4 Å². The predicted octanol–water partition coefficient (Wildman–Crippen LogP) is 3.89. The molecule has 0 aromatic heterocycles. The van der Waals surface area contributed by atoms with Crippen LogP contribution in [0.15, 0.2) is 54.6 Å². The monoisotopic (exact) mass is 396 g/mol. The van der Waals surface area contributed by atoms with Gasteiger partial charge in [0.25, 0.3) is 5.91 Å². The highest BCUT2D eigenvalue weighted by molar-refractivity contribution is 5.94. The number of benzene rings is 2. The lowest BCUT2D eigenvalue weighted by molar-refractivity contribution is 0.0943. The molecule has 0 spiro atoms. The maximum atomic E-state index is 12.4. The van der Waals surface area contributed by atoms with Crippen molar-refractivity contribution in [2.45, 2.75) is 39.3 Å². The number of hydrogen-bond donors (Lipinski definition) is 2. The van der Waals surface area contributed by atoms with E-state index < -0.39 is 0 Å². The molecule has 0 saturated carbocycles. The Hall–Kier alpha value is -3.02. The van der Waals surface area contributed by atoms with E-state index in [0.29, 0.717) is 5.56 Å². The van der Waals surface area contributed by atoms with Crippen molar-refractivity contribution in [1.82, 2.24) is 10.6 Å². The Bertz CT molecular complexity index is 790. The molecule has 1 unspecified atom stereocenters. The molecule has 0 saturated heterocycles. The van der Waals surface area contributed by atoms with E-state index in [-0.39, 0.29) is 24.0 Å². The largest absolute Gasteiger partial charge is 0.375 e. The fourth-order valence-electron chi connectivity index (χ4n) is 2.88. The molecule has 6 nitrogen and oxygen atoms in total. The second kappa shape index (κ2) is 10.5. The van der Waals surface area contributed by atoms with Crippen molar-refractivity contribution in [3.8, 4) is 0 Å². The van der Waals surface area contributed by atoms with E-state index in [0.717, 1.165) is 24.3 Å². The van der Waals surface area contributed by atoms with Crippen molar-refractivity contribution in [3.05, 3.63) is 60.2 Å². The number of hydrogen-bond acceptors (Lipinski definition) is 3. The minimum absolute atomic E-state index is 0.0344. The molecule has 2 aromatic carbocycles. The summed E-state index contributed by atoms with van der Waals surface area (Å²) in [6.07, 6.45) is 0.806. The minimum Gasteiger partial charge on any atom is -0.375 e. The first kappa shape index (κ1) is 22.3. The standard InChI is InChI=1S/C23H32N4O2/c1-17(2)24-22(28)19-11-13-20(14-12-19)26(4)16-15-18(3)25-23(29)27(5)21-9-7-6-8-10-21/h6-14,17-18H,15-16H2,1-5H3,(H,24,28)(H,25,29). The zero-order valence-electron chi connectivity index (χ0n) is 18.0. The van der Waals surface area contributed by atoms with Crippen molar-refractivity contribution < 1.29 is 9.59 Å². The molecule has 2 N–H and O–H groups in total. The van der Waals surface area contributed by atoms with E-state index in [4.69, 9.17) is 0 Å². The lowest BCUT2D eigenvalue weighted by Crippen LogP contribution is -2.43. The molecular weight excluding hydrogens is 364 g/mol. The molecular formula is C23H32N4O2. The molecule has 1 atom stereocenters. The summed E-state index contributed by atoms with van der Waals surface area (Å²) in [5, 5.41) is 5.92. The molecule has 6 heteroatoms. The van der Waals surface area contributed by atoms with Crippen molar-refractivity contribution in [2.24, 2.45) is 0 Å². The second-order valence-electron chi connectivity index (χ2n) is 7.63. The highest BCUT2D eigenvalue weighted by atomic mass is 16.2. The van der Waals surface area contributed by atoms with Gasteiger partial charge in [0.15, 0.2) is 0 Å². The summed E-state index contributed by atoms with van der Waals surface area (Å²) >= 11 is 0. The van der Waals surface area contributed by atoms with Gasteiger partial charge in [0.1, 0.15) is 0 Å². The maximum Gasteiger partial charge on any atom is 0.321 e. The van der Waals surface area contributed by atoms with Crippen LogP contribution in [0.25, 0.3) is 0 Å². The van der Waals surface area contributed by atoms with Crippen LogP contribution in [-0.4, -0.2) is 44.7 Å². The molecule has 156 valence electrons. The molecule has 29 heavy (non-hydrogen) atoms. The lowest BCUT2D eigenvalue weighted by Gasteiger charge is -2.24. The summed E-state index contributed by atoms with van der Waals surface area (Å²) in [6, 6.07) is 17.2. The Morgan fingerprint density at radius 3 is 2.07 bits per heavy atom. The maximum absolute atomic E-state index is 12.4. The van der Waals surface area contributed by atoms with Gasteiger partial charge in [-0.15, -0.1) is 0 Å². The third kappa shape index (κ3) is 6.82. The van der Waals surface area contributed by atoms with Crippen LogP contribution in [0, 0.1) is 0 Å². The van der Waals surface area contributed by atoms with E-state index >= 15 is 0 Å². The summed E-state index contributed by atoms with van der Waals surface area (Å²) < 4.78 is 0. The van der Waals surface area contributed by atoms with Gasteiger partial charge in [0, 0.05) is 49.7 Å². The second-order valence-corrected chi connectivity index (χ2v) is 7.63. The Morgan fingerprint density at radius 1 is 0.862 bits per heavy atom. The average molecular weight is 397 g/mol. The summed E-state index contributed by atoms with van der Waals surface area (Å²) in [7, 11) is 3.77. The molecule has 0 aliphatic rings. The molecule has 0 aliphatic heterocycles. The molecule has 0 aliphatic carbocycles. The van der Waals surface area contributed by atoms with Crippen molar-refractivity contribution in [1.29, 1.82) is 0 Å². The highest BCUT2D eigenvalue weighted by Crippen LogP contribution is 2.15. The third-order valence-corrected chi connectivity index (χ3v) is 4.71. The van der Waals surface area contributed by atoms with Gasteiger partial charge in [-0.05, 0) is 63.6 Å². The van der Waals surface area contributed by atoms with Crippen LogP contribution < -0.4 is 20.4 Å². The number of carbonyl (C=O) groups is 2. The Balaban J connectivity index is 1.82. The zero-order valence-corrected chi connectivity index (χ0v) is 18.0. The van der Waals surface area contributed by atoms with Gasteiger partial charge >= 0.3 is 6.03 Å². The van der Waals surface area contributed by atoms with E-state index in [1.165, 1.54) is 0 Å². The van der Waals surface area contributed by atoms with Gasteiger partial charge in [0.2, 0.25) is 0 Å². The molecule has 0 bridgehead atoms. The first-order chi connectivity index (χ1) is 13.8. The van der Waals surface area contributed by atoms with Gasteiger partial charge in [-0.3, -0.25) is 9.69 Å². The normalized spacial score (nSPS) is 11.7. The number of anilines is 2. The molecule has 0 heterocycles. The van der Waals surface area contributed by atoms with Crippen LogP contribution >= 0.6 is 0 Å². The van der Waals surface area contributed by atoms with Gasteiger partial charge in [0.05, 0.1) is 0 Å². The molecule has 2 rings (SSSR count). The average Bonchev–Trinajstić information content (AvgIpc) is 2.71. The van der Waals surface area contributed by atoms with Crippen LogP contribution in [0.4, 0.5) is 16.2 Å². The van der Waals surface area contributed by atoms with Crippen molar-refractivity contribution in [2.75, 3.05) is 30.4 Å². The quantitative estimate of drug-likeness (QED) is 0.712. The van der Waals surface area contributed by atoms with Gasteiger partial charge < -0.3 is 15.5 Å². The van der Waals surface area contributed by atoms with E-state index in [1.54, 1.807) is 11.9 Å². The number of para-hydroxylation sites is 1. The first-order valence-electron chi connectivity index (χ1n) is 9.99. The number of nitrogens with zero attached hydrogens (tertiary/aromatic N) is 2. The van der Waals surface area contributed by atoms with E-state index in [9.17, 15) is 9.59 Å². The van der Waals surface area contributed by atoms with Crippen LogP contribution in [-0.2, 0) is 0 Å². The fourth-order valence-corrected chi connectivity index (χ4v) is 2.88. The van der Waals surface area contributed by atoms with Crippen LogP contribution in [0.1, 0.15) is 37.6 Å². The van der Waals surface area contributed by atoms with Gasteiger partial charge in [-0.2, -0.15) is 0 Å². The fraction of sp³-hybridized carbons (Fsp3) is 0.391. The van der Waals surface area contributed by atoms with E-state index in [2.05, 4.69) is 15.5 Å². The topological polar surface area (TPSA) is 64.7 Å². The van der Waals surface area contributed by atoms with Crippen LogP contribution in [0.5, 0.6) is 0 Å². The Labute approximate surface area is 173 Å². The number of amides is 3. The third-order valence-electron chi connectivity index (χ3n) is 4.71. The number of nitrogens with one attached hydrogen (secondary N) is 2. The Morgan fingerprint density at radius 2 is 1.48 bits per heavy atom.